The second kappa shape index (κ2) is 5.10. The van der Waals surface area contributed by atoms with E-state index >= 15 is 0 Å². The van der Waals surface area contributed by atoms with Gasteiger partial charge in [-0.25, -0.2) is 0 Å². The van der Waals surface area contributed by atoms with Gasteiger partial charge in [0.25, 0.3) is 7.42 Å². The van der Waals surface area contributed by atoms with Gasteiger partial charge in [-0.3, -0.25) is 0 Å². The van der Waals surface area contributed by atoms with Crippen molar-refractivity contribution in [1.82, 2.24) is 0 Å². The summed E-state index contributed by atoms with van der Waals surface area (Å²) in [6.07, 6.45) is 0.563. The summed E-state index contributed by atoms with van der Waals surface area (Å²) >= 11 is 11.1. The molecule has 1 nitrogen and oxygen atoms in total. The van der Waals surface area contributed by atoms with E-state index in [0.29, 0.717) is 12.3 Å². The molecule has 1 radical (unpaired) electrons. The van der Waals surface area contributed by atoms with E-state index in [4.69, 9.17) is 27.4 Å². The van der Waals surface area contributed by atoms with Crippen molar-refractivity contribution in [2.24, 2.45) is 5.92 Å². The van der Waals surface area contributed by atoms with Crippen molar-refractivity contribution in [1.29, 1.82) is 5.26 Å². The van der Waals surface area contributed by atoms with Gasteiger partial charge < -0.3 is 0 Å². The van der Waals surface area contributed by atoms with Crippen LogP contribution in [0.3, 0.4) is 0 Å². The van der Waals surface area contributed by atoms with Gasteiger partial charge in [0.15, 0.2) is 0 Å². The van der Waals surface area contributed by atoms with Crippen LogP contribution in [-0.4, -0.2) is 7.42 Å². The summed E-state index contributed by atoms with van der Waals surface area (Å²) in [5.74, 6) is 0.360. The van der Waals surface area contributed by atoms with E-state index in [2.05, 4.69) is 6.07 Å². The molecule has 51 valence electrons. The van der Waals surface area contributed by atoms with Crippen molar-refractivity contribution in [2.75, 3.05) is 0 Å². The van der Waals surface area contributed by atoms with E-state index < -0.39 is 7.42 Å². The van der Waals surface area contributed by atoms with Gasteiger partial charge in [-0.15, -0.1) is 22.2 Å². The Morgan fingerprint density at radius 1 is 1.67 bits per heavy atom. The summed E-state index contributed by atoms with van der Waals surface area (Å²) in [5.41, 5.74) is 0. The first-order chi connectivity index (χ1) is 4.16. The minimum absolute atomic E-state index is 0.360. The van der Waals surface area contributed by atoms with E-state index in [1.807, 2.05) is 6.92 Å². The standard InChI is InChI=1S/C5H8Cl2NSi/c1-5(2-3-8)4-9(6)7/h5H,2,4H2,1H3. The molecule has 0 fully saturated rings. The fourth-order valence-electron chi connectivity index (χ4n) is 0.491. The Kier molecular flexibility index (Phi) is 5.26. The summed E-state index contributed by atoms with van der Waals surface area (Å²) in [4.78, 5) is 0. The highest BCUT2D eigenvalue weighted by Gasteiger charge is 2.09. The highest BCUT2D eigenvalue weighted by molar-refractivity contribution is 7.33. The van der Waals surface area contributed by atoms with Crippen LogP contribution < -0.4 is 0 Å². The lowest BCUT2D eigenvalue weighted by atomic mass is 10.2. The normalized spacial score (nSPS) is 13.2. The van der Waals surface area contributed by atoms with E-state index in [9.17, 15) is 0 Å². The topological polar surface area (TPSA) is 23.8 Å². The Bertz CT molecular complexity index is 110. The molecule has 0 aromatic heterocycles. The lowest BCUT2D eigenvalue weighted by molar-refractivity contribution is 0.668. The van der Waals surface area contributed by atoms with Crippen LogP contribution in [0.1, 0.15) is 13.3 Å². The molecule has 0 aliphatic heterocycles. The molecule has 0 N–H and O–H groups in total. The molecule has 0 spiro atoms. The predicted octanol–water partition coefficient (Wildman–Crippen LogP) is 2.50. The Labute approximate surface area is 66.6 Å². The zero-order valence-corrected chi connectivity index (χ0v) is 7.71. The predicted molar refractivity (Wildman–Crippen MR) is 41.7 cm³/mol. The van der Waals surface area contributed by atoms with Crippen molar-refractivity contribution in [3.63, 3.8) is 0 Å². The monoisotopic (exact) mass is 180 g/mol. The average molecular weight is 181 g/mol. The molecule has 9 heavy (non-hydrogen) atoms. The fourth-order valence-corrected chi connectivity index (χ4v) is 2.74. The third-order valence-corrected chi connectivity index (χ3v) is 2.87. The molecule has 1 unspecified atom stereocenters. The van der Waals surface area contributed by atoms with Gasteiger partial charge >= 0.3 is 0 Å². The molecule has 0 aliphatic rings. The SMILES string of the molecule is CC(CC#N)C[Si](Cl)Cl. The van der Waals surface area contributed by atoms with E-state index in [1.54, 1.807) is 0 Å². The Hall–Kier alpha value is 0.287. The second-order valence-corrected chi connectivity index (χ2v) is 6.41. The summed E-state index contributed by atoms with van der Waals surface area (Å²) in [5, 5.41) is 8.22. The van der Waals surface area contributed by atoms with Crippen LogP contribution >= 0.6 is 22.2 Å². The highest BCUT2D eigenvalue weighted by atomic mass is 35.7. The molecule has 0 heterocycles. The average Bonchev–Trinajstić information content (AvgIpc) is 1.63. The highest BCUT2D eigenvalue weighted by Crippen LogP contribution is 2.14. The molecule has 0 amide bonds. The number of halogens is 2. The lowest BCUT2D eigenvalue weighted by Crippen LogP contribution is -2.00. The minimum Gasteiger partial charge on any atom is -0.198 e. The maximum absolute atomic E-state index is 8.22. The summed E-state index contributed by atoms with van der Waals surface area (Å²) < 4.78 is 0. The second-order valence-electron chi connectivity index (χ2n) is 2.01. The Morgan fingerprint density at radius 2 is 2.22 bits per heavy atom. The lowest BCUT2D eigenvalue weighted by Gasteiger charge is -2.03. The molecular formula is C5H8Cl2NSi. The van der Waals surface area contributed by atoms with Gasteiger partial charge in [-0.1, -0.05) is 6.92 Å². The van der Waals surface area contributed by atoms with E-state index in [0.717, 1.165) is 6.04 Å². The largest absolute Gasteiger partial charge is 0.274 e. The van der Waals surface area contributed by atoms with Crippen molar-refractivity contribution in [3.8, 4) is 6.07 Å². The van der Waals surface area contributed by atoms with Gasteiger partial charge in [0, 0.05) is 6.42 Å². The molecule has 0 aromatic rings. The maximum atomic E-state index is 8.22. The first kappa shape index (κ1) is 9.29. The van der Waals surface area contributed by atoms with Crippen LogP contribution in [0.4, 0.5) is 0 Å². The first-order valence-corrected chi connectivity index (χ1v) is 6.43. The van der Waals surface area contributed by atoms with Gasteiger partial charge in [-0.2, -0.15) is 5.26 Å². The fraction of sp³-hybridized carbons (Fsp3) is 0.800. The van der Waals surface area contributed by atoms with Crippen LogP contribution in [0.25, 0.3) is 0 Å². The molecule has 0 saturated heterocycles. The molecule has 4 heteroatoms. The van der Waals surface area contributed by atoms with Gasteiger partial charge in [0.05, 0.1) is 6.07 Å². The van der Waals surface area contributed by atoms with Crippen LogP contribution in [0.2, 0.25) is 6.04 Å². The summed E-state index contributed by atoms with van der Waals surface area (Å²) in [6.45, 7) is 1.98. The van der Waals surface area contributed by atoms with Crippen molar-refractivity contribution in [2.45, 2.75) is 19.4 Å². The van der Waals surface area contributed by atoms with Crippen molar-refractivity contribution in [3.05, 3.63) is 0 Å². The van der Waals surface area contributed by atoms with Gasteiger partial charge in [-0.05, 0) is 12.0 Å². The quantitative estimate of drug-likeness (QED) is 0.484. The zero-order valence-electron chi connectivity index (χ0n) is 5.19. The third-order valence-electron chi connectivity index (χ3n) is 0.943. The number of nitriles is 1. The Morgan fingerprint density at radius 3 is 2.56 bits per heavy atom. The molecule has 1 atom stereocenters. The smallest absolute Gasteiger partial charge is 0.198 e. The van der Waals surface area contributed by atoms with Crippen molar-refractivity contribution < 1.29 is 0 Å². The van der Waals surface area contributed by atoms with Crippen LogP contribution in [0, 0.1) is 17.2 Å². The van der Waals surface area contributed by atoms with Gasteiger partial charge in [0.1, 0.15) is 0 Å². The molecule has 0 bridgehead atoms. The van der Waals surface area contributed by atoms with E-state index in [1.165, 1.54) is 0 Å². The molecule has 0 aromatic carbocycles. The number of hydrogen-bond acceptors (Lipinski definition) is 1. The van der Waals surface area contributed by atoms with Crippen LogP contribution in [0.5, 0.6) is 0 Å². The first-order valence-electron chi connectivity index (χ1n) is 2.70. The number of nitrogens with zero attached hydrogens (tertiary/aromatic N) is 1. The number of hydrogen-bond donors (Lipinski definition) is 0. The third kappa shape index (κ3) is 6.17. The van der Waals surface area contributed by atoms with Crippen LogP contribution in [0.15, 0.2) is 0 Å². The Balaban J connectivity index is 3.29. The zero-order chi connectivity index (χ0) is 7.28. The summed E-state index contributed by atoms with van der Waals surface area (Å²) in [6, 6.07) is 2.88. The van der Waals surface area contributed by atoms with Gasteiger partial charge in [0.2, 0.25) is 0 Å². The molecule has 0 aliphatic carbocycles. The molecule has 0 saturated carbocycles. The molecule has 0 rings (SSSR count). The number of rotatable bonds is 3. The maximum Gasteiger partial charge on any atom is 0.274 e. The van der Waals surface area contributed by atoms with Crippen LogP contribution in [-0.2, 0) is 0 Å². The minimum atomic E-state index is -1.16. The molecular weight excluding hydrogens is 173 g/mol. The van der Waals surface area contributed by atoms with E-state index in [-0.39, 0.29) is 0 Å². The van der Waals surface area contributed by atoms with Crippen molar-refractivity contribution >= 4 is 29.6 Å². The summed E-state index contributed by atoms with van der Waals surface area (Å²) in [7, 11) is -1.16.